The normalized spacial score (nSPS) is 17.3. The highest BCUT2D eigenvalue weighted by molar-refractivity contribution is 6.34. The molecule has 0 unspecified atom stereocenters. The maximum atomic E-state index is 12.4. The lowest BCUT2D eigenvalue weighted by Crippen LogP contribution is -2.46. The predicted octanol–water partition coefficient (Wildman–Crippen LogP) is 3.88. The maximum Gasteiger partial charge on any atom is 0.261 e. The zero-order valence-corrected chi connectivity index (χ0v) is 17.9. The van der Waals surface area contributed by atoms with E-state index in [0.29, 0.717) is 17.7 Å². The summed E-state index contributed by atoms with van der Waals surface area (Å²) in [5, 5.41) is 0.870. The van der Waals surface area contributed by atoms with Gasteiger partial charge in [-0.15, -0.1) is 0 Å². The third-order valence-corrected chi connectivity index (χ3v) is 6.28. The van der Waals surface area contributed by atoms with Crippen LogP contribution in [0.15, 0.2) is 54.6 Å². The number of hydrogen-bond donors (Lipinski definition) is 0. The zero-order chi connectivity index (χ0) is 21.1. The number of aryl methyl sites for hydroxylation is 1. The van der Waals surface area contributed by atoms with Gasteiger partial charge in [-0.1, -0.05) is 54.9 Å². The number of piperazine rings is 1. The molecule has 2 heterocycles. The van der Waals surface area contributed by atoms with Crippen molar-refractivity contribution < 1.29 is 9.59 Å². The smallest absolute Gasteiger partial charge is 0.261 e. The molecule has 2 aromatic carbocycles. The summed E-state index contributed by atoms with van der Waals surface area (Å²) in [7, 11) is 0. The Morgan fingerprint density at radius 3 is 2.13 bits per heavy atom. The van der Waals surface area contributed by atoms with Crippen LogP contribution in [0.5, 0.6) is 0 Å². The molecule has 30 heavy (non-hydrogen) atoms. The largest absolute Gasteiger partial charge is 0.368 e. The number of carbonyl (C=O) groups excluding carboxylic acids is 2. The first-order valence-electron chi connectivity index (χ1n) is 10.4. The molecule has 0 radical (unpaired) electrons. The van der Waals surface area contributed by atoms with Gasteiger partial charge in [0.25, 0.3) is 11.8 Å². The Morgan fingerprint density at radius 2 is 1.50 bits per heavy atom. The first-order chi connectivity index (χ1) is 14.6. The minimum absolute atomic E-state index is 0.208. The molecular formula is C24H26ClN3O2. The fraction of sp³-hybridized carbons (Fsp3) is 0.333. The number of hydrogen-bond acceptors (Lipinski definition) is 4. The Labute approximate surface area is 182 Å². The summed E-state index contributed by atoms with van der Waals surface area (Å²) in [5.74, 6) is -0.417. The monoisotopic (exact) mass is 423 g/mol. The zero-order valence-electron chi connectivity index (χ0n) is 17.2. The van der Waals surface area contributed by atoms with E-state index in [1.165, 1.54) is 10.5 Å². The highest BCUT2D eigenvalue weighted by Gasteiger charge is 2.34. The number of anilines is 1. The van der Waals surface area contributed by atoms with E-state index in [1.54, 1.807) is 24.3 Å². The summed E-state index contributed by atoms with van der Waals surface area (Å²) < 4.78 is 0. The molecule has 0 atom stereocenters. The van der Waals surface area contributed by atoms with Crippen LogP contribution in [0.25, 0.3) is 0 Å². The second kappa shape index (κ2) is 9.02. The molecule has 6 heteroatoms. The maximum absolute atomic E-state index is 12.4. The van der Waals surface area contributed by atoms with Crippen molar-refractivity contribution in [2.45, 2.75) is 13.3 Å². The molecular weight excluding hydrogens is 398 g/mol. The molecule has 1 fully saturated rings. The van der Waals surface area contributed by atoms with Crippen LogP contribution in [0.3, 0.4) is 0 Å². The standard InChI is InChI=1S/C24H26ClN3O2/c1-2-18-8-7-11-21(22(18)25)27-16-14-26(15-17-27)12-5-6-13-28-23(29)19-9-3-4-10-20(19)24(28)30/h3-11H,2,12-17H2,1H3/b6-5+. The number of amides is 2. The molecule has 156 valence electrons. The van der Waals surface area contributed by atoms with Crippen LogP contribution in [0.4, 0.5) is 5.69 Å². The van der Waals surface area contributed by atoms with E-state index in [4.69, 9.17) is 11.6 Å². The van der Waals surface area contributed by atoms with Crippen molar-refractivity contribution >= 4 is 29.1 Å². The number of halogens is 1. The number of carbonyl (C=O) groups is 2. The van der Waals surface area contributed by atoms with Gasteiger partial charge in [0.2, 0.25) is 0 Å². The summed E-state index contributed by atoms with van der Waals surface area (Å²) >= 11 is 6.57. The first kappa shape index (κ1) is 20.6. The van der Waals surface area contributed by atoms with Gasteiger partial charge in [0, 0.05) is 39.3 Å². The van der Waals surface area contributed by atoms with Gasteiger partial charge in [0.05, 0.1) is 21.8 Å². The van der Waals surface area contributed by atoms with Gasteiger partial charge in [-0.25, -0.2) is 0 Å². The number of fused-ring (bicyclic) bond motifs is 1. The van der Waals surface area contributed by atoms with Crippen LogP contribution >= 0.6 is 11.6 Å². The number of imide groups is 1. The Morgan fingerprint density at radius 1 is 0.867 bits per heavy atom. The third-order valence-electron chi connectivity index (χ3n) is 5.85. The van der Waals surface area contributed by atoms with Crippen molar-refractivity contribution in [2.24, 2.45) is 0 Å². The molecule has 2 aliphatic rings. The summed E-state index contributed by atoms with van der Waals surface area (Å²) in [5.41, 5.74) is 3.31. The summed E-state index contributed by atoms with van der Waals surface area (Å²) in [4.78, 5) is 30.8. The fourth-order valence-electron chi connectivity index (χ4n) is 4.06. The van der Waals surface area contributed by atoms with Crippen LogP contribution in [0, 0.1) is 0 Å². The van der Waals surface area contributed by atoms with Crippen molar-refractivity contribution in [1.82, 2.24) is 9.80 Å². The second-order valence-electron chi connectivity index (χ2n) is 7.63. The van der Waals surface area contributed by atoms with E-state index in [1.807, 2.05) is 12.2 Å². The van der Waals surface area contributed by atoms with Gasteiger partial charge >= 0.3 is 0 Å². The topological polar surface area (TPSA) is 43.9 Å². The average Bonchev–Trinajstić information content (AvgIpc) is 3.02. The quantitative estimate of drug-likeness (QED) is 0.522. The van der Waals surface area contributed by atoms with Crippen molar-refractivity contribution in [3.8, 4) is 0 Å². The molecule has 0 spiro atoms. The van der Waals surface area contributed by atoms with Gasteiger partial charge in [0.15, 0.2) is 0 Å². The minimum Gasteiger partial charge on any atom is -0.368 e. The molecule has 4 rings (SSSR count). The number of benzene rings is 2. The second-order valence-corrected chi connectivity index (χ2v) is 8.01. The van der Waals surface area contributed by atoms with Gasteiger partial charge in [0.1, 0.15) is 0 Å². The van der Waals surface area contributed by atoms with Gasteiger partial charge in [-0.2, -0.15) is 0 Å². The molecule has 0 bridgehead atoms. The summed E-state index contributed by atoms with van der Waals surface area (Å²) in [6, 6.07) is 13.3. The molecule has 2 aromatic rings. The lowest BCUT2D eigenvalue weighted by Gasteiger charge is -2.36. The molecule has 0 aromatic heterocycles. The predicted molar refractivity (Wildman–Crippen MR) is 120 cm³/mol. The highest BCUT2D eigenvalue weighted by atomic mass is 35.5. The Balaban J connectivity index is 1.27. The van der Waals surface area contributed by atoms with Gasteiger partial charge in [-0.3, -0.25) is 19.4 Å². The lowest BCUT2D eigenvalue weighted by atomic mass is 10.1. The first-order valence-corrected chi connectivity index (χ1v) is 10.8. The van der Waals surface area contributed by atoms with E-state index in [2.05, 4.69) is 34.9 Å². The van der Waals surface area contributed by atoms with Gasteiger partial charge < -0.3 is 4.90 Å². The van der Waals surface area contributed by atoms with Crippen molar-refractivity contribution in [3.05, 3.63) is 76.3 Å². The van der Waals surface area contributed by atoms with Crippen LogP contribution in [-0.4, -0.2) is 60.9 Å². The van der Waals surface area contributed by atoms with E-state index >= 15 is 0 Å². The SMILES string of the molecule is CCc1cccc(N2CCN(C/C=C/CN3C(=O)c4ccccc4C3=O)CC2)c1Cl. The third kappa shape index (κ3) is 4.00. The van der Waals surface area contributed by atoms with Gasteiger partial charge in [-0.05, 0) is 30.2 Å². The van der Waals surface area contributed by atoms with Crippen LogP contribution in [0.2, 0.25) is 5.02 Å². The Hall–Kier alpha value is -2.63. The molecule has 0 saturated carbocycles. The Kier molecular flexibility index (Phi) is 6.21. The average molecular weight is 424 g/mol. The van der Waals surface area contributed by atoms with Crippen molar-refractivity contribution in [3.63, 3.8) is 0 Å². The van der Waals surface area contributed by atoms with Crippen molar-refractivity contribution in [2.75, 3.05) is 44.2 Å². The minimum atomic E-state index is -0.208. The lowest BCUT2D eigenvalue weighted by molar-refractivity contribution is 0.0672. The molecule has 1 saturated heterocycles. The number of rotatable bonds is 6. The molecule has 2 aliphatic heterocycles. The van der Waals surface area contributed by atoms with Crippen LogP contribution < -0.4 is 4.90 Å². The van der Waals surface area contributed by atoms with E-state index in [-0.39, 0.29) is 11.8 Å². The highest BCUT2D eigenvalue weighted by Crippen LogP contribution is 2.30. The van der Waals surface area contributed by atoms with Crippen molar-refractivity contribution in [1.29, 1.82) is 0 Å². The summed E-state index contributed by atoms with van der Waals surface area (Å²) in [6.45, 7) is 7.00. The molecule has 0 N–H and O–H groups in total. The number of nitrogens with zero attached hydrogens (tertiary/aromatic N) is 3. The molecule has 5 nitrogen and oxygen atoms in total. The van der Waals surface area contributed by atoms with Crippen LogP contribution in [-0.2, 0) is 6.42 Å². The van der Waals surface area contributed by atoms with E-state index < -0.39 is 0 Å². The van der Waals surface area contributed by atoms with Crippen LogP contribution in [0.1, 0.15) is 33.2 Å². The van der Waals surface area contributed by atoms with E-state index in [9.17, 15) is 9.59 Å². The molecule has 0 aliphatic carbocycles. The molecule has 2 amide bonds. The fourth-order valence-corrected chi connectivity index (χ4v) is 4.44. The van der Waals surface area contributed by atoms with E-state index in [0.717, 1.165) is 49.9 Å². The summed E-state index contributed by atoms with van der Waals surface area (Å²) in [6.07, 6.45) is 4.89. The Bertz CT molecular complexity index is 945.